The molecule has 5 nitrogen and oxygen atoms in total. The molecule has 1 fully saturated rings. The van der Waals surface area contributed by atoms with E-state index >= 15 is 0 Å². The lowest BCUT2D eigenvalue weighted by Crippen LogP contribution is -2.39. The van der Waals surface area contributed by atoms with Crippen molar-refractivity contribution in [3.05, 3.63) is 83.9 Å². The van der Waals surface area contributed by atoms with Crippen molar-refractivity contribution >= 4 is 16.9 Å². The molecule has 4 aromatic rings. The van der Waals surface area contributed by atoms with Crippen LogP contribution in [0.1, 0.15) is 23.2 Å². The number of nitrogens with zero attached hydrogens (tertiary/aromatic N) is 3. The summed E-state index contributed by atoms with van der Waals surface area (Å²) in [4.78, 5) is 24.8. The molecule has 5 rings (SSSR count). The van der Waals surface area contributed by atoms with Gasteiger partial charge in [-0.05, 0) is 99.1 Å². The number of carbonyl (C=O) groups is 1. The molecule has 0 radical (unpaired) electrons. The van der Waals surface area contributed by atoms with Crippen LogP contribution < -0.4 is 5.32 Å². The number of amides is 1. The van der Waals surface area contributed by atoms with Crippen LogP contribution in [-0.2, 0) is 0 Å². The second-order valence-electron chi connectivity index (χ2n) is 9.12. The maximum Gasteiger partial charge on any atom is 0.251 e. The van der Waals surface area contributed by atoms with Crippen LogP contribution in [0.5, 0.6) is 0 Å². The molecule has 1 amide bonds. The number of hydrogen-bond acceptors (Lipinski definition) is 4. The van der Waals surface area contributed by atoms with Gasteiger partial charge in [0.15, 0.2) is 0 Å². The zero-order chi connectivity index (χ0) is 24.4. The van der Waals surface area contributed by atoms with Gasteiger partial charge in [-0.3, -0.25) is 4.79 Å². The predicted octanol–water partition coefficient (Wildman–Crippen LogP) is 5.31. The summed E-state index contributed by atoms with van der Waals surface area (Å²) in [5, 5.41) is 3.06. The van der Waals surface area contributed by atoms with E-state index in [9.17, 15) is 13.6 Å². The Hall–Kier alpha value is -3.71. The van der Waals surface area contributed by atoms with Gasteiger partial charge in [-0.2, -0.15) is 0 Å². The SMILES string of the molecule is CN1CCC[C@H](CNC(=O)c2ccc3nc(-c4ccc(F)cc4)c(-c4ccc(F)cc4)nc3c2)C1. The monoisotopic (exact) mass is 472 g/mol. The van der Waals surface area contributed by atoms with Crippen LogP contribution in [0.3, 0.4) is 0 Å². The smallest absolute Gasteiger partial charge is 0.251 e. The maximum atomic E-state index is 13.6. The van der Waals surface area contributed by atoms with Gasteiger partial charge in [0.2, 0.25) is 0 Å². The summed E-state index contributed by atoms with van der Waals surface area (Å²) in [6.45, 7) is 2.72. The van der Waals surface area contributed by atoms with E-state index in [1.54, 1.807) is 42.5 Å². The van der Waals surface area contributed by atoms with Crippen LogP contribution in [0.4, 0.5) is 8.78 Å². The number of aromatic nitrogens is 2. The average Bonchev–Trinajstić information content (AvgIpc) is 2.87. The molecule has 7 heteroatoms. The molecule has 2 heterocycles. The lowest BCUT2D eigenvalue weighted by Gasteiger charge is -2.29. The summed E-state index contributed by atoms with van der Waals surface area (Å²) in [5.41, 5.74) is 4.14. The minimum Gasteiger partial charge on any atom is -0.352 e. The third-order valence-corrected chi connectivity index (χ3v) is 6.44. The number of rotatable bonds is 5. The number of likely N-dealkylation sites (tertiary alicyclic amines) is 1. The van der Waals surface area contributed by atoms with Crippen molar-refractivity contribution in [3.8, 4) is 22.5 Å². The van der Waals surface area contributed by atoms with Crippen molar-refractivity contribution in [2.75, 3.05) is 26.7 Å². The van der Waals surface area contributed by atoms with Gasteiger partial charge in [0.1, 0.15) is 11.6 Å². The number of nitrogens with one attached hydrogen (secondary N) is 1. The maximum absolute atomic E-state index is 13.6. The third-order valence-electron chi connectivity index (χ3n) is 6.44. The van der Waals surface area contributed by atoms with Gasteiger partial charge >= 0.3 is 0 Å². The van der Waals surface area contributed by atoms with E-state index in [0.717, 1.165) is 25.9 Å². The van der Waals surface area contributed by atoms with Crippen LogP contribution in [0.2, 0.25) is 0 Å². The number of carbonyl (C=O) groups excluding carboxylic acids is 1. The highest BCUT2D eigenvalue weighted by molar-refractivity contribution is 5.98. The second-order valence-corrected chi connectivity index (χ2v) is 9.12. The van der Waals surface area contributed by atoms with Crippen LogP contribution in [0, 0.1) is 17.6 Å². The average molecular weight is 473 g/mol. The van der Waals surface area contributed by atoms with E-state index < -0.39 is 0 Å². The highest BCUT2D eigenvalue weighted by atomic mass is 19.1. The van der Waals surface area contributed by atoms with Crippen molar-refractivity contribution in [1.82, 2.24) is 20.2 Å². The van der Waals surface area contributed by atoms with Crippen molar-refractivity contribution < 1.29 is 13.6 Å². The number of benzene rings is 3. The molecule has 178 valence electrons. The first-order chi connectivity index (χ1) is 17.0. The molecule has 35 heavy (non-hydrogen) atoms. The Bertz CT molecular complexity index is 1360. The van der Waals surface area contributed by atoms with Gasteiger partial charge in [0.25, 0.3) is 5.91 Å². The van der Waals surface area contributed by atoms with Crippen LogP contribution in [0.15, 0.2) is 66.7 Å². The summed E-state index contributed by atoms with van der Waals surface area (Å²) >= 11 is 0. The topological polar surface area (TPSA) is 58.1 Å². The fourth-order valence-corrected chi connectivity index (χ4v) is 4.59. The summed E-state index contributed by atoms with van der Waals surface area (Å²) < 4.78 is 27.1. The van der Waals surface area contributed by atoms with Gasteiger partial charge < -0.3 is 10.2 Å². The lowest BCUT2D eigenvalue weighted by atomic mass is 9.98. The molecular weight excluding hydrogens is 446 g/mol. The lowest BCUT2D eigenvalue weighted by molar-refractivity contribution is 0.0937. The minimum absolute atomic E-state index is 0.145. The largest absolute Gasteiger partial charge is 0.352 e. The standard InChI is InChI=1S/C28H26F2N4O/c1-34-14-2-3-18(17-34)16-31-28(35)21-8-13-24-25(15-21)33-27(20-6-11-23(30)12-7-20)26(32-24)19-4-9-22(29)10-5-19/h4-13,15,18H,2-3,14,16-17H2,1H3,(H,31,35)/t18-/m1/s1. The Morgan fingerprint density at radius 3 is 2.11 bits per heavy atom. The van der Waals surface area contributed by atoms with E-state index in [2.05, 4.69) is 17.3 Å². The summed E-state index contributed by atoms with van der Waals surface area (Å²) in [6, 6.07) is 17.3. The molecule has 0 unspecified atom stereocenters. The van der Waals surface area contributed by atoms with E-state index in [0.29, 0.717) is 51.6 Å². The Morgan fingerprint density at radius 2 is 1.51 bits per heavy atom. The van der Waals surface area contributed by atoms with Crippen molar-refractivity contribution in [1.29, 1.82) is 0 Å². The Balaban J connectivity index is 1.49. The van der Waals surface area contributed by atoms with Crippen LogP contribution in [0.25, 0.3) is 33.5 Å². The molecule has 3 aromatic carbocycles. The Labute approximate surface area is 202 Å². The fraction of sp³-hybridized carbons (Fsp3) is 0.250. The number of piperidine rings is 1. The molecule has 1 aliphatic rings. The van der Waals surface area contributed by atoms with Gasteiger partial charge in [0.05, 0.1) is 22.4 Å². The third kappa shape index (κ3) is 5.20. The van der Waals surface area contributed by atoms with E-state index in [1.165, 1.54) is 24.3 Å². The summed E-state index contributed by atoms with van der Waals surface area (Å²) in [5.74, 6) is -0.399. The van der Waals surface area contributed by atoms with Gasteiger partial charge in [-0.25, -0.2) is 18.7 Å². The van der Waals surface area contributed by atoms with Gasteiger partial charge in [-0.15, -0.1) is 0 Å². The highest BCUT2D eigenvalue weighted by Crippen LogP contribution is 2.31. The summed E-state index contributed by atoms with van der Waals surface area (Å²) in [7, 11) is 2.11. The fourth-order valence-electron chi connectivity index (χ4n) is 4.59. The van der Waals surface area contributed by atoms with E-state index in [1.807, 2.05) is 0 Å². The zero-order valence-electron chi connectivity index (χ0n) is 19.5. The highest BCUT2D eigenvalue weighted by Gasteiger charge is 2.19. The zero-order valence-corrected chi connectivity index (χ0v) is 19.5. The van der Waals surface area contributed by atoms with Crippen LogP contribution in [-0.4, -0.2) is 47.5 Å². The van der Waals surface area contributed by atoms with Crippen molar-refractivity contribution in [2.45, 2.75) is 12.8 Å². The normalized spacial score (nSPS) is 16.4. The molecule has 1 aromatic heterocycles. The Morgan fingerprint density at radius 1 is 0.914 bits per heavy atom. The number of hydrogen-bond donors (Lipinski definition) is 1. The number of fused-ring (bicyclic) bond motifs is 1. The van der Waals surface area contributed by atoms with Gasteiger partial charge in [0, 0.05) is 29.8 Å². The first-order valence-corrected chi connectivity index (χ1v) is 11.8. The molecule has 1 saturated heterocycles. The minimum atomic E-state index is -0.353. The van der Waals surface area contributed by atoms with Gasteiger partial charge in [-0.1, -0.05) is 0 Å². The molecule has 1 N–H and O–H groups in total. The molecule has 0 bridgehead atoms. The Kier molecular flexibility index (Phi) is 6.51. The molecule has 1 aliphatic heterocycles. The second kappa shape index (κ2) is 9.88. The van der Waals surface area contributed by atoms with Crippen LogP contribution >= 0.6 is 0 Å². The molecule has 1 atom stereocenters. The van der Waals surface area contributed by atoms with Crippen molar-refractivity contribution in [2.24, 2.45) is 5.92 Å². The van der Waals surface area contributed by atoms with E-state index in [4.69, 9.17) is 9.97 Å². The van der Waals surface area contributed by atoms with E-state index in [-0.39, 0.29) is 17.5 Å². The summed E-state index contributed by atoms with van der Waals surface area (Å²) in [6.07, 6.45) is 2.26. The number of halogens is 2. The molecule has 0 saturated carbocycles. The predicted molar refractivity (Wildman–Crippen MR) is 133 cm³/mol. The quantitative estimate of drug-likeness (QED) is 0.428. The first-order valence-electron chi connectivity index (χ1n) is 11.8. The molecular formula is C28H26F2N4O. The van der Waals surface area contributed by atoms with Crippen molar-refractivity contribution in [3.63, 3.8) is 0 Å². The molecule has 0 aliphatic carbocycles. The first kappa shape index (κ1) is 23.1. The molecule has 0 spiro atoms.